The van der Waals surface area contributed by atoms with E-state index in [1.54, 1.807) is 19.1 Å². The van der Waals surface area contributed by atoms with Crippen molar-refractivity contribution in [3.05, 3.63) is 71.0 Å². The molecule has 5 N–H and O–H groups in total. The molecule has 0 saturated carbocycles. The number of fused-ring (bicyclic) bond motifs is 2. The number of nitrogens with two attached hydrogens (primary N) is 1. The highest BCUT2D eigenvalue weighted by Gasteiger charge is 2.24. The van der Waals surface area contributed by atoms with Gasteiger partial charge in [0, 0.05) is 44.1 Å². The number of ether oxygens (including phenoxy) is 1. The maximum Gasteiger partial charge on any atom is 0.339 e. The van der Waals surface area contributed by atoms with Gasteiger partial charge in [0.05, 0.1) is 16.9 Å². The molecule has 1 fully saturated rings. The second-order valence-corrected chi connectivity index (χ2v) is 9.51. The Morgan fingerprint density at radius 3 is 2.46 bits per heavy atom. The first-order valence-corrected chi connectivity index (χ1v) is 12.3. The molecule has 0 atom stereocenters. The first kappa shape index (κ1) is 24.3. The minimum absolute atomic E-state index is 0.0246. The zero-order valence-electron chi connectivity index (χ0n) is 20.9. The van der Waals surface area contributed by atoms with Crippen LogP contribution in [0.5, 0.6) is 5.75 Å². The average molecular weight is 499 g/mol. The van der Waals surface area contributed by atoms with Crippen LogP contribution in [0.1, 0.15) is 47.1 Å². The summed E-state index contributed by atoms with van der Waals surface area (Å²) < 4.78 is 8.31. The number of nitrogens with one attached hydrogen (secondary N) is 2. The summed E-state index contributed by atoms with van der Waals surface area (Å²) in [5.74, 6) is 0.606. The zero-order chi connectivity index (χ0) is 26.3. The molecule has 1 aliphatic heterocycles. The van der Waals surface area contributed by atoms with Gasteiger partial charge in [-0.15, -0.1) is 0 Å². The number of hydrogen-bond acceptors (Lipinski definition) is 5. The molecule has 0 spiro atoms. The Bertz CT molecular complexity index is 1550. The Morgan fingerprint density at radius 1 is 1.11 bits per heavy atom. The van der Waals surface area contributed by atoms with Gasteiger partial charge in [-0.3, -0.25) is 10.8 Å². The zero-order valence-corrected chi connectivity index (χ0v) is 20.9. The quantitative estimate of drug-likeness (QED) is 0.230. The second kappa shape index (κ2) is 9.57. The number of amidine groups is 2. The molecular weight excluding hydrogens is 468 g/mol. The maximum absolute atomic E-state index is 12.1. The number of aryl methyl sites for hydroxylation is 1. The number of rotatable bonds is 6. The number of likely N-dealkylation sites (tertiary alicyclic amines) is 1. The predicted molar refractivity (Wildman–Crippen MR) is 144 cm³/mol. The highest BCUT2D eigenvalue weighted by molar-refractivity contribution is 6.08. The van der Waals surface area contributed by atoms with Crippen molar-refractivity contribution in [2.24, 2.45) is 5.73 Å². The van der Waals surface area contributed by atoms with E-state index in [2.05, 4.69) is 9.55 Å². The number of hydrogen-bond donors (Lipinski definition) is 4. The molecule has 0 aliphatic carbocycles. The summed E-state index contributed by atoms with van der Waals surface area (Å²) in [6, 6.07) is 15.1. The van der Waals surface area contributed by atoms with Crippen molar-refractivity contribution in [3.63, 3.8) is 0 Å². The fourth-order valence-electron chi connectivity index (χ4n) is 5.13. The van der Waals surface area contributed by atoms with Crippen LogP contribution in [0.4, 0.5) is 0 Å². The number of carbonyl (C=O) groups is 1. The van der Waals surface area contributed by atoms with Gasteiger partial charge in [0.25, 0.3) is 0 Å². The van der Waals surface area contributed by atoms with Gasteiger partial charge in [0.15, 0.2) is 0 Å². The van der Waals surface area contributed by atoms with E-state index in [9.17, 15) is 9.90 Å². The molecule has 0 radical (unpaired) electrons. The molecule has 0 amide bonds. The molecule has 0 bridgehead atoms. The molecule has 3 aromatic carbocycles. The Kier molecular flexibility index (Phi) is 6.29. The van der Waals surface area contributed by atoms with Gasteiger partial charge in [0.1, 0.15) is 29.1 Å². The lowest BCUT2D eigenvalue weighted by atomic mass is 9.99. The van der Waals surface area contributed by atoms with Crippen molar-refractivity contribution in [2.45, 2.75) is 39.3 Å². The van der Waals surface area contributed by atoms with E-state index in [4.69, 9.17) is 21.3 Å². The molecule has 190 valence electrons. The van der Waals surface area contributed by atoms with Crippen LogP contribution in [0.25, 0.3) is 21.8 Å². The monoisotopic (exact) mass is 498 g/mol. The van der Waals surface area contributed by atoms with Crippen LogP contribution in [0.15, 0.2) is 48.5 Å². The Balaban J connectivity index is 1.53. The lowest BCUT2D eigenvalue weighted by molar-refractivity contribution is 0.0684. The number of nitrogen functional groups attached to an aromatic ring is 1. The van der Waals surface area contributed by atoms with Crippen LogP contribution in [0.2, 0.25) is 0 Å². The molecule has 9 heteroatoms. The van der Waals surface area contributed by atoms with Crippen molar-refractivity contribution in [1.29, 1.82) is 10.8 Å². The van der Waals surface area contributed by atoms with E-state index >= 15 is 0 Å². The van der Waals surface area contributed by atoms with E-state index in [-0.39, 0.29) is 17.5 Å². The standard InChI is InChI=1S/C28H30N6O3/c1-16(29)33-11-9-19(10-12-33)37-26-14-25-24(13-23(26)28(35)36)32-17(2)34(25)15-18-7-8-22(27(30)31)21-6-4-3-5-20(18)21/h3-8,13-14,19,29H,9-12,15H2,1-2H3,(H3,30,31)(H,35,36). The predicted octanol–water partition coefficient (Wildman–Crippen LogP) is 4.37. The normalized spacial score (nSPS) is 14.3. The van der Waals surface area contributed by atoms with E-state index in [1.165, 1.54) is 0 Å². The molecular formula is C28H30N6O3. The van der Waals surface area contributed by atoms with Crippen molar-refractivity contribution in [1.82, 2.24) is 14.5 Å². The van der Waals surface area contributed by atoms with Crippen molar-refractivity contribution >= 4 is 39.4 Å². The first-order valence-electron chi connectivity index (χ1n) is 12.3. The van der Waals surface area contributed by atoms with Gasteiger partial charge in [-0.05, 0) is 36.2 Å². The van der Waals surface area contributed by atoms with E-state index < -0.39 is 5.97 Å². The molecule has 2 heterocycles. The van der Waals surface area contributed by atoms with Crippen LogP contribution in [0, 0.1) is 17.7 Å². The summed E-state index contributed by atoms with van der Waals surface area (Å²) in [6.07, 6.45) is 1.33. The third kappa shape index (κ3) is 4.60. The molecule has 1 aliphatic rings. The fraction of sp³-hybridized carbons (Fsp3) is 0.286. The van der Waals surface area contributed by atoms with Crippen LogP contribution in [-0.2, 0) is 6.54 Å². The molecule has 5 rings (SSSR count). The first-order chi connectivity index (χ1) is 17.7. The summed E-state index contributed by atoms with van der Waals surface area (Å²) >= 11 is 0. The van der Waals surface area contributed by atoms with Gasteiger partial charge < -0.3 is 25.0 Å². The third-order valence-corrected chi connectivity index (χ3v) is 7.11. The molecule has 1 aromatic heterocycles. The summed E-state index contributed by atoms with van der Waals surface area (Å²) in [6.45, 7) is 5.63. The smallest absolute Gasteiger partial charge is 0.339 e. The summed E-state index contributed by atoms with van der Waals surface area (Å²) in [7, 11) is 0. The largest absolute Gasteiger partial charge is 0.489 e. The number of nitrogens with zero attached hydrogens (tertiary/aromatic N) is 3. The second-order valence-electron chi connectivity index (χ2n) is 9.51. The van der Waals surface area contributed by atoms with Crippen LogP contribution < -0.4 is 10.5 Å². The Hall–Kier alpha value is -4.40. The number of carboxylic acid groups (broad SMARTS) is 1. The Morgan fingerprint density at radius 2 is 1.81 bits per heavy atom. The third-order valence-electron chi connectivity index (χ3n) is 7.11. The lowest BCUT2D eigenvalue weighted by Crippen LogP contribution is -2.40. The van der Waals surface area contributed by atoms with E-state index in [0.29, 0.717) is 42.3 Å². The Labute approximate surface area is 214 Å². The maximum atomic E-state index is 12.1. The van der Waals surface area contributed by atoms with E-state index in [0.717, 1.165) is 40.5 Å². The number of aromatic carboxylic acids is 1. The fourth-order valence-corrected chi connectivity index (χ4v) is 5.13. The van der Waals surface area contributed by atoms with Crippen LogP contribution in [0.3, 0.4) is 0 Å². The lowest BCUT2D eigenvalue weighted by Gasteiger charge is -2.33. The highest BCUT2D eigenvalue weighted by atomic mass is 16.5. The SMILES string of the molecule is CC(=N)N1CCC(Oc2cc3c(cc2C(=O)O)nc(C)n3Cc2ccc(C(=N)N)c3ccccc23)CC1. The van der Waals surface area contributed by atoms with Crippen molar-refractivity contribution in [3.8, 4) is 5.75 Å². The van der Waals surface area contributed by atoms with E-state index in [1.807, 2.05) is 48.2 Å². The topological polar surface area (TPSA) is 141 Å². The van der Waals surface area contributed by atoms with Gasteiger partial charge in [0.2, 0.25) is 0 Å². The molecule has 37 heavy (non-hydrogen) atoms. The van der Waals surface area contributed by atoms with Gasteiger partial charge >= 0.3 is 5.97 Å². The average Bonchev–Trinajstić information content (AvgIpc) is 3.17. The molecule has 9 nitrogen and oxygen atoms in total. The molecule has 4 aromatic rings. The number of piperidine rings is 1. The van der Waals surface area contributed by atoms with Gasteiger partial charge in [-0.2, -0.15) is 0 Å². The number of carboxylic acids is 1. The summed E-state index contributed by atoms with van der Waals surface area (Å²) in [5, 5.41) is 27.6. The number of imidazole rings is 1. The molecule has 0 unspecified atom stereocenters. The number of aromatic nitrogens is 2. The van der Waals surface area contributed by atoms with Gasteiger partial charge in [-0.25, -0.2) is 9.78 Å². The van der Waals surface area contributed by atoms with Crippen molar-refractivity contribution in [2.75, 3.05) is 13.1 Å². The number of benzene rings is 3. The van der Waals surface area contributed by atoms with Crippen molar-refractivity contribution < 1.29 is 14.6 Å². The summed E-state index contributed by atoms with van der Waals surface area (Å²) in [4.78, 5) is 18.7. The minimum Gasteiger partial charge on any atom is -0.489 e. The minimum atomic E-state index is -1.05. The summed E-state index contributed by atoms with van der Waals surface area (Å²) in [5.41, 5.74) is 9.04. The van der Waals surface area contributed by atoms with Gasteiger partial charge in [-0.1, -0.05) is 36.4 Å². The molecule has 1 saturated heterocycles. The van der Waals surface area contributed by atoms with Crippen LogP contribution >= 0.6 is 0 Å². The van der Waals surface area contributed by atoms with Crippen LogP contribution in [-0.4, -0.2) is 56.4 Å². The highest BCUT2D eigenvalue weighted by Crippen LogP contribution is 2.31.